The van der Waals surface area contributed by atoms with E-state index in [1.54, 1.807) is 0 Å². The summed E-state index contributed by atoms with van der Waals surface area (Å²) in [5.41, 5.74) is 0.105. The molecule has 0 aromatic heterocycles. The van der Waals surface area contributed by atoms with Crippen molar-refractivity contribution in [2.45, 2.75) is 52.0 Å². The fourth-order valence-corrected chi connectivity index (χ4v) is 2.71. The second-order valence-corrected chi connectivity index (χ2v) is 6.56. The molecular weight excluding hydrogens is 226 g/mol. The molecule has 0 bridgehead atoms. The van der Waals surface area contributed by atoms with Crippen molar-refractivity contribution in [1.29, 1.82) is 0 Å². The van der Waals surface area contributed by atoms with Gasteiger partial charge >= 0.3 is 6.03 Å². The van der Waals surface area contributed by atoms with E-state index < -0.39 is 0 Å². The van der Waals surface area contributed by atoms with Gasteiger partial charge in [0.15, 0.2) is 0 Å². The van der Waals surface area contributed by atoms with Crippen LogP contribution >= 0.6 is 0 Å². The van der Waals surface area contributed by atoms with E-state index >= 15 is 0 Å². The number of carbonyl (C=O) groups is 1. The van der Waals surface area contributed by atoms with E-state index in [1.165, 1.54) is 19.3 Å². The van der Waals surface area contributed by atoms with Crippen molar-refractivity contribution in [2.75, 3.05) is 27.2 Å². The first-order valence-electron chi connectivity index (χ1n) is 7.08. The fraction of sp³-hybridized carbons (Fsp3) is 0.929. The summed E-state index contributed by atoms with van der Waals surface area (Å²) >= 11 is 0. The van der Waals surface area contributed by atoms with Crippen molar-refractivity contribution in [1.82, 2.24) is 15.5 Å². The van der Waals surface area contributed by atoms with E-state index in [0.29, 0.717) is 12.6 Å². The SMILES string of the molecule is CN(C)CC(C)(C)CNC(=O)NC1CCCCC1. The normalized spacial score (nSPS) is 17.8. The number of nitrogens with one attached hydrogen (secondary N) is 2. The zero-order valence-electron chi connectivity index (χ0n) is 12.4. The van der Waals surface area contributed by atoms with Gasteiger partial charge in [-0.15, -0.1) is 0 Å². The molecule has 1 aliphatic rings. The minimum atomic E-state index is -0.00580. The fourth-order valence-electron chi connectivity index (χ4n) is 2.71. The van der Waals surface area contributed by atoms with Gasteiger partial charge in [0.2, 0.25) is 0 Å². The standard InChI is InChI=1S/C14H29N3O/c1-14(2,11-17(3)4)10-15-13(18)16-12-8-6-5-7-9-12/h12H,5-11H2,1-4H3,(H2,15,16,18). The van der Waals surface area contributed by atoms with Crippen LogP contribution in [0, 0.1) is 5.41 Å². The molecule has 1 fully saturated rings. The summed E-state index contributed by atoms with van der Waals surface area (Å²) in [6.07, 6.45) is 6.08. The summed E-state index contributed by atoms with van der Waals surface area (Å²) in [6.45, 7) is 6.03. The lowest BCUT2D eigenvalue weighted by Crippen LogP contribution is -2.47. The summed E-state index contributed by atoms with van der Waals surface area (Å²) in [7, 11) is 4.12. The summed E-state index contributed by atoms with van der Waals surface area (Å²) < 4.78 is 0. The first-order valence-corrected chi connectivity index (χ1v) is 7.08. The van der Waals surface area contributed by atoms with Gasteiger partial charge in [0.25, 0.3) is 0 Å². The molecular formula is C14H29N3O. The van der Waals surface area contributed by atoms with Gasteiger partial charge in [0.05, 0.1) is 0 Å². The second-order valence-electron chi connectivity index (χ2n) is 6.56. The average Bonchev–Trinajstić information content (AvgIpc) is 2.26. The van der Waals surface area contributed by atoms with E-state index in [1.807, 2.05) is 0 Å². The first kappa shape index (κ1) is 15.3. The number of hydrogen-bond donors (Lipinski definition) is 2. The molecule has 1 aliphatic carbocycles. The predicted molar refractivity (Wildman–Crippen MR) is 75.7 cm³/mol. The third-order valence-electron chi connectivity index (χ3n) is 3.41. The third kappa shape index (κ3) is 6.24. The highest BCUT2D eigenvalue weighted by Crippen LogP contribution is 2.17. The Hall–Kier alpha value is -0.770. The van der Waals surface area contributed by atoms with Crippen LogP contribution in [0.1, 0.15) is 46.0 Å². The molecule has 1 rings (SSSR count). The third-order valence-corrected chi connectivity index (χ3v) is 3.41. The highest BCUT2D eigenvalue weighted by Gasteiger charge is 2.21. The summed E-state index contributed by atoms with van der Waals surface area (Å²) in [4.78, 5) is 14.0. The lowest BCUT2D eigenvalue weighted by molar-refractivity contribution is 0.211. The van der Waals surface area contributed by atoms with Gasteiger partial charge < -0.3 is 15.5 Å². The largest absolute Gasteiger partial charge is 0.338 e. The van der Waals surface area contributed by atoms with E-state index in [9.17, 15) is 4.79 Å². The van der Waals surface area contributed by atoms with E-state index in [0.717, 1.165) is 19.4 Å². The average molecular weight is 255 g/mol. The molecule has 0 heterocycles. The van der Waals surface area contributed by atoms with Crippen LogP contribution in [-0.2, 0) is 0 Å². The Labute approximate surface area is 111 Å². The van der Waals surface area contributed by atoms with Gasteiger partial charge in [-0.2, -0.15) is 0 Å². The molecule has 4 nitrogen and oxygen atoms in total. The molecule has 4 heteroatoms. The maximum Gasteiger partial charge on any atom is 0.315 e. The van der Waals surface area contributed by atoms with Crippen LogP contribution in [0.15, 0.2) is 0 Å². The van der Waals surface area contributed by atoms with Crippen molar-refractivity contribution in [2.24, 2.45) is 5.41 Å². The number of amides is 2. The Kier molecular flexibility index (Phi) is 5.93. The number of carbonyl (C=O) groups excluding carboxylic acids is 1. The summed E-state index contributed by atoms with van der Waals surface area (Å²) in [5, 5.41) is 6.08. The summed E-state index contributed by atoms with van der Waals surface area (Å²) in [6, 6.07) is 0.379. The molecule has 0 atom stereocenters. The molecule has 0 aromatic rings. The van der Waals surface area contributed by atoms with Crippen LogP contribution in [0.4, 0.5) is 4.79 Å². The minimum absolute atomic E-state index is 0.00580. The molecule has 1 saturated carbocycles. The van der Waals surface area contributed by atoms with Gasteiger partial charge in [-0.1, -0.05) is 33.1 Å². The lowest BCUT2D eigenvalue weighted by atomic mass is 9.93. The smallest absolute Gasteiger partial charge is 0.315 e. The molecule has 0 saturated heterocycles. The number of nitrogens with zero attached hydrogens (tertiary/aromatic N) is 1. The number of hydrogen-bond acceptors (Lipinski definition) is 2. The molecule has 2 N–H and O–H groups in total. The van der Waals surface area contributed by atoms with Crippen molar-refractivity contribution in [3.63, 3.8) is 0 Å². The van der Waals surface area contributed by atoms with Crippen LogP contribution in [0.25, 0.3) is 0 Å². The maximum absolute atomic E-state index is 11.8. The topological polar surface area (TPSA) is 44.4 Å². The maximum atomic E-state index is 11.8. The Morgan fingerprint density at radius 1 is 1.22 bits per heavy atom. The van der Waals surface area contributed by atoms with Crippen LogP contribution in [0.2, 0.25) is 0 Å². The molecule has 0 radical (unpaired) electrons. The number of rotatable bonds is 5. The summed E-state index contributed by atoms with van der Waals surface area (Å²) in [5.74, 6) is 0. The Morgan fingerprint density at radius 3 is 2.39 bits per heavy atom. The Balaban J connectivity index is 2.23. The van der Waals surface area contributed by atoms with Gasteiger partial charge in [0, 0.05) is 19.1 Å². The zero-order chi connectivity index (χ0) is 13.6. The van der Waals surface area contributed by atoms with Crippen molar-refractivity contribution in [3.05, 3.63) is 0 Å². The van der Waals surface area contributed by atoms with E-state index in [4.69, 9.17) is 0 Å². The zero-order valence-corrected chi connectivity index (χ0v) is 12.4. The minimum Gasteiger partial charge on any atom is -0.338 e. The van der Waals surface area contributed by atoms with Crippen LogP contribution < -0.4 is 10.6 Å². The predicted octanol–water partition coefficient (Wildman–Crippen LogP) is 2.21. The first-order chi connectivity index (χ1) is 8.39. The molecule has 2 amide bonds. The van der Waals surface area contributed by atoms with Gasteiger partial charge in [-0.25, -0.2) is 4.79 Å². The molecule has 18 heavy (non-hydrogen) atoms. The Morgan fingerprint density at radius 2 is 1.83 bits per heavy atom. The van der Waals surface area contributed by atoms with E-state index in [2.05, 4.69) is 43.5 Å². The highest BCUT2D eigenvalue weighted by atomic mass is 16.2. The molecule has 0 aliphatic heterocycles. The van der Waals surface area contributed by atoms with E-state index in [-0.39, 0.29) is 11.4 Å². The van der Waals surface area contributed by atoms with Crippen LogP contribution in [0.5, 0.6) is 0 Å². The monoisotopic (exact) mass is 255 g/mol. The molecule has 0 unspecified atom stereocenters. The number of urea groups is 1. The molecule has 0 aromatic carbocycles. The second kappa shape index (κ2) is 6.98. The lowest BCUT2D eigenvalue weighted by Gasteiger charge is -2.29. The van der Waals surface area contributed by atoms with Crippen LogP contribution in [-0.4, -0.2) is 44.2 Å². The van der Waals surface area contributed by atoms with Crippen LogP contribution in [0.3, 0.4) is 0 Å². The van der Waals surface area contributed by atoms with Gasteiger partial charge in [-0.05, 0) is 32.4 Å². The van der Waals surface area contributed by atoms with Crippen molar-refractivity contribution < 1.29 is 4.79 Å². The Bertz CT molecular complexity index is 258. The van der Waals surface area contributed by atoms with Gasteiger partial charge in [0.1, 0.15) is 0 Å². The quantitative estimate of drug-likeness (QED) is 0.791. The molecule has 106 valence electrons. The molecule has 0 spiro atoms. The van der Waals surface area contributed by atoms with Crippen molar-refractivity contribution >= 4 is 6.03 Å². The van der Waals surface area contributed by atoms with Crippen molar-refractivity contribution in [3.8, 4) is 0 Å². The van der Waals surface area contributed by atoms with Gasteiger partial charge in [-0.3, -0.25) is 0 Å². The highest BCUT2D eigenvalue weighted by molar-refractivity contribution is 5.74.